The summed E-state index contributed by atoms with van der Waals surface area (Å²) in [6.07, 6.45) is 5.55. The van der Waals surface area contributed by atoms with E-state index in [9.17, 15) is 4.79 Å². The molecular formula is C15H28N2O. The molecule has 0 saturated heterocycles. The van der Waals surface area contributed by atoms with E-state index in [4.69, 9.17) is 0 Å². The predicted octanol–water partition coefficient (Wildman–Crippen LogP) is 2.32. The summed E-state index contributed by atoms with van der Waals surface area (Å²) in [4.78, 5) is 11.9. The highest BCUT2D eigenvalue weighted by Gasteiger charge is 2.42. The fourth-order valence-corrected chi connectivity index (χ4v) is 3.66. The summed E-state index contributed by atoms with van der Waals surface area (Å²) in [7, 11) is 0. The molecule has 2 N–H and O–H groups in total. The highest BCUT2D eigenvalue weighted by atomic mass is 16.2. The lowest BCUT2D eigenvalue weighted by atomic mass is 9.84. The Morgan fingerprint density at radius 3 is 2.50 bits per heavy atom. The van der Waals surface area contributed by atoms with E-state index in [1.165, 1.54) is 25.7 Å². The number of rotatable bonds is 4. The molecule has 0 heterocycles. The Morgan fingerprint density at radius 1 is 1.28 bits per heavy atom. The van der Waals surface area contributed by atoms with Crippen molar-refractivity contribution in [1.29, 1.82) is 0 Å². The van der Waals surface area contributed by atoms with Gasteiger partial charge in [-0.05, 0) is 64.7 Å². The molecule has 104 valence electrons. The van der Waals surface area contributed by atoms with Crippen LogP contribution in [0.4, 0.5) is 0 Å². The molecule has 0 aromatic rings. The van der Waals surface area contributed by atoms with Gasteiger partial charge in [-0.1, -0.05) is 6.42 Å². The molecule has 0 aromatic carbocycles. The van der Waals surface area contributed by atoms with Gasteiger partial charge in [-0.15, -0.1) is 0 Å². The lowest BCUT2D eigenvalue weighted by Gasteiger charge is -2.29. The third kappa shape index (κ3) is 3.47. The summed E-state index contributed by atoms with van der Waals surface area (Å²) in [5.74, 6) is 2.69. The van der Waals surface area contributed by atoms with E-state index in [0.717, 1.165) is 17.8 Å². The molecule has 4 atom stereocenters. The van der Waals surface area contributed by atoms with Crippen LogP contribution >= 0.6 is 0 Å². The maximum atomic E-state index is 11.9. The second kappa shape index (κ2) is 5.20. The van der Waals surface area contributed by atoms with Crippen molar-refractivity contribution in [2.24, 2.45) is 17.8 Å². The molecule has 18 heavy (non-hydrogen) atoms. The molecule has 0 aromatic heterocycles. The van der Waals surface area contributed by atoms with Gasteiger partial charge in [0.2, 0.25) is 5.91 Å². The van der Waals surface area contributed by atoms with Crippen molar-refractivity contribution in [3.05, 3.63) is 0 Å². The van der Waals surface area contributed by atoms with Crippen LogP contribution in [0.3, 0.4) is 0 Å². The average molecular weight is 252 g/mol. The van der Waals surface area contributed by atoms with Crippen molar-refractivity contribution >= 4 is 5.91 Å². The Kier molecular flexibility index (Phi) is 4.00. The molecule has 0 unspecified atom stereocenters. The second-order valence-corrected chi connectivity index (χ2v) is 7.30. The topological polar surface area (TPSA) is 41.1 Å². The largest absolute Gasteiger partial charge is 0.352 e. The molecule has 0 spiro atoms. The maximum Gasteiger partial charge on any atom is 0.234 e. The van der Waals surface area contributed by atoms with Gasteiger partial charge in [0.15, 0.2) is 0 Å². The van der Waals surface area contributed by atoms with Crippen LogP contribution in [0.5, 0.6) is 0 Å². The van der Waals surface area contributed by atoms with Crippen molar-refractivity contribution in [2.75, 3.05) is 6.54 Å². The molecule has 2 rings (SSSR count). The van der Waals surface area contributed by atoms with Crippen molar-refractivity contribution in [1.82, 2.24) is 10.6 Å². The van der Waals surface area contributed by atoms with Crippen molar-refractivity contribution in [3.8, 4) is 0 Å². The summed E-state index contributed by atoms with van der Waals surface area (Å²) in [5, 5.41) is 6.42. The third-order valence-corrected chi connectivity index (χ3v) is 4.60. The number of hydrogen-bond donors (Lipinski definition) is 2. The molecular weight excluding hydrogens is 224 g/mol. The first-order valence-corrected chi connectivity index (χ1v) is 7.39. The zero-order chi connectivity index (χ0) is 13.3. The summed E-state index contributed by atoms with van der Waals surface area (Å²) in [6, 6.07) is 0.342. The maximum absolute atomic E-state index is 11.9. The fraction of sp³-hybridized carbons (Fsp3) is 0.933. The van der Waals surface area contributed by atoms with Crippen LogP contribution in [-0.2, 0) is 4.79 Å². The Labute approximate surface area is 111 Å². The predicted molar refractivity (Wildman–Crippen MR) is 74.3 cm³/mol. The van der Waals surface area contributed by atoms with Crippen LogP contribution in [0.2, 0.25) is 0 Å². The first-order valence-electron chi connectivity index (χ1n) is 7.39. The number of hydrogen-bond acceptors (Lipinski definition) is 2. The van der Waals surface area contributed by atoms with Crippen LogP contribution in [0.25, 0.3) is 0 Å². The Hall–Kier alpha value is -0.570. The molecule has 2 fully saturated rings. The van der Waals surface area contributed by atoms with Crippen molar-refractivity contribution in [3.63, 3.8) is 0 Å². The summed E-state index contributed by atoms with van der Waals surface area (Å²) < 4.78 is 0. The van der Waals surface area contributed by atoms with Gasteiger partial charge in [0, 0.05) is 11.6 Å². The minimum atomic E-state index is 0.00695. The average Bonchev–Trinajstić information content (AvgIpc) is 2.87. The SMILES string of the molecule is C[C@@H](NC(=O)CNC(C)(C)C)[C@@H]1C[C@H]2CC[C@H]1C2. The molecule has 2 aliphatic carbocycles. The zero-order valence-electron chi connectivity index (χ0n) is 12.3. The summed E-state index contributed by atoms with van der Waals surface area (Å²) >= 11 is 0. The van der Waals surface area contributed by atoms with E-state index in [1.54, 1.807) is 0 Å². The van der Waals surface area contributed by atoms with Gasteiger partial charge in [-0.2, -0.15) is 0 Å². The minimum Gasteiger partial charge on any atom is -0.352 e. The molecule has 0 radical (unpaired) electrons. The third-order valence-electron chi connectivity index (χ3n) is 4.60. The van der Waals surface area contributed by atoms with Gasteiger partial charge >= 0.3 is 0 Å². The monoisotopic (exact) mass is 252 g/mol. The van der Waals surface area contributed by atoms with Gasteiger partial charge in [-0.25, -0.2) is 0 Å². The Balaban J connectivity index is 1.74. The molecule has 2 saturated carbocycles. The summed E-state index contributed by atoms with van der Waals surface area (Å²) in [5.41, 5.74) is 0.00695. The van der Waals surface area contributed by atoms with E-state index < -0.39 is 0 Å². The van der Waals surface area contributed by atoms with Crippen molar-refractivity contribution < 1.29 is 4.79 Å². The Bertz CT molecular complexity index is 308. The van der Waals surface area contributed by atoms with Gasteiger partial charge in [0.25, 0.3) is 0 Å². The van der Waals surface area contributed by atoms with E-state index in [1.807, 2.05) is 0 Å². The first kappa shape index (κ1) is 13.9. The lowest BCUT2D eigenvalue weighted by molar-refractivity contribution is -0.121. The van der Waals surface area contributed by atoms with Gasteiger partial charge < -0.3 is 10.6 Å². The normalized spacial score (nSPS) is 32.6. The van der Waals surface area contributed by atoms with Gasteiger partial charge in [0.05, 0.1) is 6.54 Å². The molecule has 2 aliphatic rings. The minimum absolute atomic E-state index is 0.00695. The van der Waals surface area contributed by atoms with Crippen LogP contribution < -0.4 is 10.6 Å². The standard InChI is InChI=1S/C15H28N2O/c1-10(13-8-11-5-6-12(13)7-11)17-14(18)9-16-15(2,3)4/h10-13,16H,5-9H2,1-4H3,(H,17,18)/t10-,11+,12+,13+/m1/s1. The van der Waals surface area contributed by atoms with E-state index >= 15 is 0 Å². The van der Waals surface area contributed by atoms with Crippen LogP contribution in [0.1, 0.15) is 53.4 Å². The smallest absolute Gasteiger partial charge is 0.234 e. The highest BCUT2D eigenvalue weighted by Crippen LogP contribution is 2.49. The summed E-state index contributed by atoms with van der Waals surface area (Å²) in [6.45, 7) is 8.86. The molecule has 1 amide bonds. The second-order valence-electron chi connectivity index (χ2n) is 7.30. The number of carbonyl (C=O) groups is 1. The van der Waals surface area contributed by atoms with Gasteiger partial charge in [-0.3, -0.25) is 4.79 Å². The molecule has 3 heteroatoms. The first-order chi connectivity index (χ1) is 8.35. The number of nitrogens with one attached hydrogen (secondary N) is 2. The molecule has 3 nitrogen and oxygen atoms in total. The van der Waals surface area contributed by atoms with E-state index in [-0.39, 0.29) is 11.4 Å². The molecule has 0 aliphatic heterocycles. The Morgan fingerprint density at radius 2 is 2.00 bits per heavy atom. The van der Waals surface area contributed by atoms with Crippen LogP contribution in [0, 0.1) is 17.8 Å². The lowest BCUT2D eigenvalue weighted by Crippen LogP contribution is -2.47. The van der Waals surface area contributed by atoms with Crippen LogP contribution in [0.15, 0.2) is 0 Å². The van der Waals surface area contributed by atoms with Crippen molar-refractivity contribution in [2.45, 2.75) is 65.0 Å². The number of carbonyl (C=O) groups excluding carboxylic acids is 1. The van der Waals surface area contributed by atoms with Crippen LogP contribution in [-0.4, -0.2) is 24.0 Å². The fourth-order valence-electron chi connectivity index (χ4n) is 3.66. The highest BCUT2D eigenvalue weighted by molar-refractivity contribution is 5.78. The molecule has 2 bridgehead atoms. The van der Waals surface area contributed by atoms with E-state index in [2.05, 4.69) is 38.3 Å². The van der Waals surface area contributed by atoms with Gasteiger partial charge in [0.1, 0.15) is 0 Å². The zero-order valence-corrected chi connectivity index (χ0v) is 12.3. The quantitative estimate of drug-likeness (QED) is 0.806. The number of amides is 1. The number of fused-ring (bicyclic) bond motifs is 2. The van der Waals surface area contributed by atoms with E-state index in [0.29, 0.717) is 12.6 Å².